The van der Waals surface area contributed by atoms with Gasteiger partial charge in [-0.15, -0.1) is 0 Å². The lowest BCUT2D eigenvalue weighted by Gasteiger charge is -2.33. The molecule has 0 saturated carbocycles. The van der Waals surface area contributed by atoms with E-state index in [0.717, 1.165) is 24.1 Å². The van der Waals surface area contributed by atoms with Crippen molar-refractivity contribution < 1.29 is 14.3 Å². The molecule has 1 aliphatic heterocycles. The van der Waals surface area contributed by atoms with E-state index in [1.54, 1.807) is 4.90 Å². The molecule has 1 fully saturated rings. The highest BCUT2D eigenvalue weighted by Crippen LogP contribution is 2.26. The molecule has 1 aromatic carbocycles. The first-order valence-electron chi connectivity index (χ1n) is 9.52. The number of amides is 2. The Morgan fingerprint density at radius 1 is 1.19 bits per heavy atom. The maximum Gasteiger partial charge on any atom is 0.410 e. The predicted molar refractivity (Wildman–Crippen MR) is 104 cm³/mol. The summed E-state index contributed by atoms with van der Waals surface area (Å²) in [7, 11) is 0. The third kappa shape index (κ3) is 6.04. The number of hydrogen-bond acceptors (Lipinski definition) is 3. The number of nitrogens with zero attached hydrogens (tertiary/aromatic N) is 1. The Kier molecular flexibility index (Phi) is 6.68. The van der Waals surface area contributed by atoms with Crippen LogP contribution in [0.1, 0.15) is 65.4 Å². The van der Waals surface area contributed by atoms with Gasteiger partial charge in [0.2, 0.25) is 5.91 Å². The van der Waals surface area contributed by atoms with Gasteiger partial charge in [0.05, 0.1) is 0 Å². The molecule has 0 bridgehead atoms. The van der Waals surface area contributed by atoms with Crippen LogP contribution in [0.25, 0.3) is 0 Å². The molecule has 1 aromatic rings. The number of carbonyl (C=O) groups is 2. The summed E-state index contributed by atoms with van der Waals surface area (Å²) in [5.41, 5.74) is 1.58. The number of ether oxygens (including phenoxy) is 1. The van der Waals surface area contributed by atoms with Crippen LogP contribution in [0.5, 0.6) is 0 Å². The molecule has 5 heteroatoms. The van der Waals surface area contributed by atoms with Crippen LogP contribution < -0.4 is 5.32 Å². The lowest BCUT2D eigenvalue weighted by atomic mass is 9.93. The lowest BCUT2D eigenvalue weighted by Crippen LogP contribution is -2.42. The molecule has 0 aromatic heterocycles. The fourth-order valence-electron chi connectivity index (χ4n) is 3.22. The normalized spacial score (nSPS) is 15.8. The first kappa shape index (κ1) is 20.3. The number of hydrogen-bond donors (Lipinski definition) is 1. The average molecular weight is 360 g/mol. The van der Waals surface area contributed by atoms with Crippen molar-refractivity contribution in [1.82, 2.24) is 4.90 Å². The fraction of sp³-hybridized carbons (Fsp3) is 0.619. The van der Waals surface area contributed by atoms with E-state index in [-0.39, 0.29) is 12.0 Å². The van der Waals surface area contributed by atoms with E-state index in [1.165, 1.54) is 0 Å². The van der Waals surface area contributed by atoms with Crippen molar-refractivity contribution in [2.24, 2.45) is 5.92 Å². The van der Waals surface area contributed by atoms with Crippen molar-refractivity contribution in [2.75, 3.05) is 18.4 Å². The minimum atomic E-state index is -0.475. The molecule has 0 aliphatic carbocycles. The molecule has 0 atom stereocenters. The van der Waals surface area contributed by atoms with E-state index in [1.807, 2.05) is 39.0 Å². The molecule has 1 saturated heterocycles. The summed E-state index contributed by atoms with van der Waals surface area (Å²) in [5, 5.41) is 3.06. The zero-order chi connectivity index (χ0) is 19.3. The van der Waals surface area contributed by atoms with E-state index in [9.17, 15) is 9.59 Å². The van der Waals surface area contributed by atoms with E-state index in [2.05, 4.69) is 25.2 Å². The minimum absolute atomic E-state index is 0.0498. The van der Waals surface area contributed by atoms with Crippen LogP contribution in [0.4, 0.5) is 10.5 Å². The summed E-state index contributed by atoms with van der Waals surface area (Å²) in [5.74, 6) is 0.720. The van der Waals surface area contributed by atoms with Crippen molar-refractivity contribution >= 4 is 17.7 Å². The summed E-state index contributed by atoms with van der Waals surface area (Å²) >= 11 is 0. The second kappa shape index (κ2) is 8.56. The number of nitrogens with one attached hydrogen (secondary N) is 1. The number of anilines is 1. The molecule has 2 rings (SSSR count). The quantitative estimate of drug-likeness (QED) is 0.840. The zero-order valence-corrected chi connectivity index (χ0v) is 16.7. The maximum absolute atomic E-state index is 12.4. The first-order chi connectivity index (χ1) is 12.2. The Morgan fingerprint density at radius 3 is 2.38 bits per heavy atom. The Morgan fingerprint density at radius 2 is 1.81 bits per heavy atom. The topological polar surface area (TPSA) is 58.6 Å². The first-order valence-corrected chi connectivity index (χ1v) is 9.52. The van der Waals surface area contributed by atoms with E-state index >= 15 is 0 Å². The van der Waals surface area contributed by atoms with Crippen LogP contribution in [-0.2, 0) is 9.53 Å². The summed E-state index contributed by atoms with van der Waals surface area (Å²) in [6.07, 6.45) is 1.90. The summed E-state index contributed by atoms with van der Waals surface area (Å²) in [6, 6.07) is 7.95. The minimum Gasteiger partial charge on any atom is -0.444 e. The number of rotatable bonds is 4. The number of piperidine rings is 1. The van der Waals surface area contributed by atoms with Crippen LogP contribution in [0, 0.1) is 5.92 Å². The smallest absolute Gasteiger partial charge is 0.410 e. The molecular formula is C21H32N2O3. The molecule has 0 unspecified atom stereocenters. The monoisotopic (exact) mass is 360 g/mol. The molecule has 5 nitrogen and oxygen atoms in total. The number of likely N-dealkylation sites (tertiary alicyclic amines) is 1. The van der Waals surface area contributed by atoms with Gasteiger partial charge in [-0.05, 0) is 57.1 Å². The second-order valence-electron chi connectivity index (χ2n) is 8.41. The molecule has 144 valence electrons. The Balaban J connectivity index is 1.82. The van der Waals surface area contributed by atoms with E-state index in [4.69, 9.17) is 4.74 Å². The third-order valence-electron chi connectivity index (χ3n) is 4.60. The van der Waals surface area contributed by atoms with Gasteiger partial charge in [-0.1, -0.05) is 32.0 Å². The summed E-state index contributed by atoms with van der Waals surface area (Å²) in [6.45, 7) is 11.2. The molecule has 0 spiro atoms. The van der Waals surface area contributed by atoms with Gasteiger partial charge >= 0.3 is 6.09 Å². The maximum atomic E-state index is 12.4. The van der Waals surface area contributed by atoms with Crippen LogP contribution >= 0.6 is 0 Å². The van der Waals surface area contributed by atoms with Crippen LogP contribution in [-0.4, -0.2) is 35.6 Å². The molecular weight excluding hydrogens is 328 g/mol. The van der Waals surface area contributed by atoms with Gasteiger partial charge in [-0.3, -0.25) is 4.79 Å². The van der Waals surface area contributed by atoms with Gasteiger partial charge in [0.25, 0.3) is 0 Å². The van der Waals surface area contributed by atoms with Crippen LogP contribution in [0.3, 0.4) is 0 Å². The van der Waals surface area contributed by atoms with Gasteiger partial charge in [0, 0.05) is 25.2 Å². The standard InChI is InChI=1S/C21H32N2O3/c1-15(2)17-8-6-7-9-18(17)22-19(24)14-16-10-12-23(13-11-16)20(25)26-21(3,4)5/h6-9,15-16H,10-14H2,1-5H3,(H,22,24). The predicted octanol–water partition coefficient (Wildman–Crippen LogP) is 4.79. The van der Waals surface area contributed by atoms with Crippen molar-refractivity contribution in [3.05, 3.63) is 29.8 Å². The Bertz CT molecular complexity index is 626. The molecule has 1 heterocycles. The third-order valence-corrected chi connectivity index (χ3v) is 4.60. The van der Waals surface area contributed by atoms with Gasteiger partial charge in [-0.25, -0.2) is 4.79 Å². The summed E-state index contributed by atoms with van der Waals surface area (Å²) in [4.78, 5) is 26.3. The van der Waals surface area contributed by atoms with Gasteiger partial charge in [0.15, 0.2) is 0 Å². The number of para-hydroxylation sites is 1. The van der Waals surface area contributed by atoms with E-state index in [0.29, 0.717) is 31.3 Å². The zero-order valence-electron chi connectivity index (χ0n) is 16.7. The Labute approximate surface area is 157 Å². The second-order valence-corrected chi connectivity index (χ2v) is 8.41. The van der Waals surface area contributed by atoms with Gasteiger partial charge in [-0.2, -0.15) is 0 Å². The van der Waals surface area contributed by atoms with E-state index < -0.39 is 5.60 Å². The van der Waals surface area contributed by atoms with Crippen molar-refractivity contribution in [1.29, 1.82) is 0 Å². The molecule has 1 aliphatic rings. The van der Waals surface area contributed by atoms with Crippen molar-refractivity contribution in [2.45, 2.75) is 65.4 Å². The number of benzene rings is 1. The highest BCUT2D eigenvalue weighted by molar-refractivity contribution is 5.91. The van der Waals surface area contributed by atoms with Gasteiger partial charge in [0.1, 0.15) is 5.60 Å². The van der Waals surface area contributed by atoms with Crippen LogP contribution in [0.15, 0.2) is 24.3 Å². The molecule has 0 radical (unpaired) electrons. The lowest BCUT2D eigenvalue weighted by molar-refractivity contribution is -0.117. The van der Waals surface area contributed by atoms with Crippen LogP contribution in [0.2, 0.25) is 0 Å². The van der Waals surface area contributed by atoms with Crippen molar-refractivity contribution in [3.63, 3.8) is 0 Å². The van der Waals surface area contributed by atoms with Crippen molar-refractivity contribution in [3.8, 4) is 0 Å². The molecule has 1 N–H and O–H groups in total. The largest absolute Gasteiger partial charge is 0.444 e. The Hall–Kier alpha value is -2.04. The fourth-order valence-corrected chi connectivity index (χ4v) is 3.22. The highest BCUT2D eigenvalue weighted by atomic mass is 16.6. The SMILES string of the molecule is CC(C)c1ccccc1NC(=O)CC1CCN(C(=O)OC(C)(C)C)CC1. The molecule has 26 heavy (non-hydrogen) atoms. The summed E-state index contributed by atoms with van der Waals surface area (Å²) < 4.78 is 5.42. The number of carbonyl (C=O) groups excluding carboxylic acids is 2. The highest BCUT2D eigenvalue weighted by Gasteiger charge is 2.27. The molecule has 2 amide bonds. The average Bonchev–Trinajstić information content (AvgIpc) is 2.54. The van der Waals surface area contributed by atoms with Gasteiger partial charge < -0.3 is 15.0 Å².